The monoisotopic (exact) mass is 1630 g/mol. The first-order valence-corrected chi connectivity index (χ1v) is 46.2. The summed E-state index contributed by atoms with van der Waals surface area (Å²) in [4.78, 5) is 66.2. The van der Waals surface area contributed by atoms with E-state index in [1.54, 1.807) is 0 Å². The molecule has 660 valence electrons. The van der Waals surface area contributed by atoms with E-state index in [0.717, 1.165) is 135 Å². The average Bonchev–Trinajstić information content (AvgIpc) is 0.754. The number of rotatable bonds is 71. The number of esters is 4. The molecule has 0 spiro atoms. The van der Waals surface area contributed by atoms with Gasteiger partial charge in [0, 0.05) is 25.7 Å². The molecule has 1 saturated carbocycles. The zero-order chi connectivity index (χ0) is 82.5. The molecule has 25 nitrogen and oxygen atoms in total. The number of carbonyl (C=O) groups is 4. The maximum atomic E-state index is 14.9. The molecule has 3 aliphatic rings. The quantitative estimate of drug-likeness (QED) is 0.00889. The second-order valence-electron chi connectivity index (χ2n) is 31.7. The zero-order valence-corrected chi connectivity index (χ0v) is 70.8. The van der Waals surface area contributed by atoms with Gasteiger partial charge in [-0.1, -0.05) is 270 Å². The summed E-state index contributed by atoms with van der Waals surface area (Å²) in [6.45, 7) is 5.50. The standard InChI is InChI=1S/C87H157O25P/c1-5-9-13-17-21-25-29-33-34-38-42-45-49-53-57-61-72(91)106-67(64-103-70(89)59-55-51-47-43-39-35-30-26-22-18-14-10-6-2)65-105-113(101,102)112-85-83(110-86-80(99)76(95)74(93)68(63-88)107-86)79(98)78(97)82(109-73(92)62-58-54-50-46-41-37-32-28-24-20-16-12-8-4)84(85)111-87-81(100)77(96)75(94)69(108-87)66-104-71(90)60-56-52-48-44-40-36-31-27-23-19-15-11-7-3/h25,29,35,37,39,41,67-69,74-88,93-100H,5-24,26-28,30-34,36,38,40,42-66H2,1-4H3,(H,101,102)/b29-25-,39-35-,41-37-. The van der Waals surface area contributed by atoms with Crippen LogP contribution in [0.2, 0.25) is 0 Å². The normalized spacial score (nSPS) is 25.6. The first-order valence-electron chi connectivity index (χ1n) is 44.7. The van der Waals surface area contributed by atoms with Crippen LogP contribution in [0, 0.1) is 0 Å². The van der Waals surface area contributed by atoms with Crippen LogP contribution in [0.5, 0.6) is 0 Å². The van der Waals surface area contributed by atoms with Crippen molar-refractivity contribution in [3.05, 3.63) is 36.5 Å². The van der Waals surface area contributed by atoms with Crippen LogP contribution in [0.25, 0.3) is 0 Å². The van der Waals surface area contributed by atoms with Gasteiger partial charge in [-0.3, -0.25) is 28.2 Å². The van der Waals surface area contributed by atoms with Crippen LogP contribution in [0.1, 0.15) is 362 Å². The van der Waals surface area contributed by atoms with Gasteiger partial charge >= 0.3 is 31.7 Å². The van der Waals surface area contributed by atoms with Crippen molar-refractivity contribution in [3.8, 4) is 0 Å². The van der Waals surface area contributed by atoms with Gasteiger partial charge in [0.05, 0.1) is 13.2 Å². The third kappa shape index (κ3) is 47.3. The summed E-state index contributed by atoms with van der Waals surface area (Å²) in [6.07, 6.45) is 26.0. The predicted octanol–water partition coefficient (Wildman–Crippen LogP) is 15.5. The van der Waals surface area contributed by atoms with Crippen LogP contribution >= 0.6 is 7.82 Å². The minimum Gasteiger partial charge on any atom is -0.463 e. The molecule has 0 amide bonds. The molecule has 0 bridgehead atoms. The van der Waals surface area contributed by atoms with Gasteiger partial charge in [-0.15, -0.1) is 0 Å². The Balaban J connectivity index is 1.94. The highest BCUT2D eigenvalue weighted by molar-refractivity contribution is 7.47. The lowest BCUT2D eigenvalue weighted by Gasteiger charge is -2.50. The highest BCUT2D eigenvalue weighted by atomic mass is 31.2. The number of hydrogen-bond acceptors (Lipinski definition) is 24. The molecule has 18 atom stereocenters. The van der Waals surface area contributed by atoms with Crippen molar-refractivity contribution in [1.82, 2.24) is 0 Å². The van der Waals surface area contributed by atoms with Crippen molar-refractivity contribution in [3.63, 3.8) is 0 Å². The number of hydrogen-bond donors (Lipinski definition) is 10. The fourth-order valence-corrected chi connectivity index (χ4v) is 15.4. The first-order chi connectivity index (χ1) is 54.7. The Labute approximate surface area is 678 Å². The lowest BCUT2D eigenvalue weighted by atomic mass is 9.84. The summed E-state index contributed by atoms with van der Waals surface area (Å²) in [5.41, 5.74) is 0. The molecule has 1 aliphatic carbocycles. The van der Waals surface area contributed by atoms with Gasteiger partial charge in [0.2, 0.25) is 0 Å². The molecule has 0 radical (unpaired) electrons. The summed E-state index contributed by atoms with van der Waals surface area (Å²) in [5.74, 6) is -3.01. The molecule has 2 heterocycles. The van der Waals surface area contributed by atoms with E-state index in [0.29, 0.717) is 38.5 Å². The van der Waals surface area contributed by atoms with E-state index in [2.05, 4.69) is 64.2 Å². The molecule has 113 heavy (non-hydrogen) atoms. The summed E-state index contributed by atoms with van der Waals surface area (Å²) in [5, 5.41) is 102. The highest BCUT2D eigenvalue weighted by Gasteiger charge is 2.60. The molecule has 10 N–H and O–H groups in total. The minimum atomic E-state index is -5.81. The van der Waals surface area contributed by atoms with Crippen molar-refractivity contribution in [1.29, 1.82) is 0 Å². The Morgan fingerprint density at radius 2 is 0.664 bits per heavy atom. The molecule has 0 aromatic heterocycles. The summed E-state index contributed by atoms with van der Waals surface area (Å²) < 4.78 is 73.2. The second-order valence-corrected chi connectivity index (χ2v) is 33.1. The summed E-state index contributed by atoms with van der Waals surface area (Å²) >= 11 is 0. The van der Waals surface area contributed by atoms with E-state index < -0.39 is 162 Å². The number of ether oxygens (including phenoxy) is 8. The Morgan fingerprint density at radius 1 is 0.345 bits per heavy atom. The number of unbranched alkanes of at least 4 members (excludes halogenated alkanes) is 41. The number of phosphoric acid groups is 1. The first kappa shape index (κ1) is 104. The molecular formula is C87H157O25P. The zero-order valence-electron chi connectivity index (χ0n) is 69.9. The van der Waals surface area contributed by atoms with E-state index in [9.17, 15) is 74.6 Å². The minimum absolute atomic E-state index is 0.0110. The van der Waals surface area contributed by atoms with Gasteiger partial charge in [0.25, 0.3) is 0 Å². The molecule has 3 fully saturated rings. The van der Waals surface area contributed by atoms with Crippen LogP contribution in [-0.2, 0) is 70.7 Å². The van der Waals surface area contributed by atoms with E-state index in [-0.39, 0.29) is 32.1 Å². The van der Waals surface area contributed by atoms with Crippen molar-refractivity contribution in [2.75, 3.05) is 26.4 Å². The predicted molar refractivity (Wildman–Crippen MR) is 435 cm³/mol. The Kier molecular flexibility index (Phi) is 61.1. The Hall–Kier alpha value is -3.31. The lowest BCUT2D eigenvalue weighted by molar-refractivity contribution is -0.360. The van der Waals surface area contributed by atoms with Gasteiger partial charge in [-0.05, 0) is 103 Å². The molecular weight excluding hydrogens is 1480 g/mol. The van der Waals surface area contributed by atoms with Gasteiger partial charge in [-0.2, -0.15) is 0 Å². The van der Waals surface area contributed by atoms with E-state index in [1.807, 2.05) is 0 Å². The molecule has 0 aromatic carbocycles. The van der Waals surface area contributed by atoms with Crippen LogP contribution in [0.4, 0.5) is 0 Å². The maximum Gasteiger partial charge on any atom is 0.472 e. The number of aliphatic hydroxyl groups is 9. The van der Waals surface area contributed by atoms with Crippen molar-refractivity contribution in [2.24, 2.45) is 0 Å². The van der Waals surface area contributed by atoms with Crippen LogP contribution in [-0.4, -0.2) is 205 Å². The van der Waals surface area contributed by atoms with Crippen molar-refractivity contribution < 1.29 is 122 Å². The third-order valence-corrected chi connectivity index (χ3v) is 22.6. The average molecular weight is 1630 g/mol. The van der Waals surface area contributed by atoms with Gasteiger partial charge in [-0.25, -0.2) is 4.57 Å². The molecule has 3 rings (SSSR count). The Bertz CT molecular complexity index is 2510. The van der Waals surface area contributed by atoms with Gasteiger partial charge in [0.15, 0.2) is 24.8 Å². The van der Waals surface area contributed by atoms with E-state index in [4.69, 9.17) is 46.9 Å². The van der Waals surface area contributed by atoms with Gasteiger partial charge in [0.1, 0.15) is 92.6 Å². The van der Waals surface area contributed by atoms with E-state index in [1.165, 1.54) is 128 Å². The molecule has 2 saturated heterocycles. The van der Waals surface area contributed by atoms with Crippen LogP contribution < -0.4 is 0 Å². The summed E-state index contributed by atoms with van der Waals surface area (Å²) in [7, 11) is -5.81. The van der Waals surface area contributed by atoms with Crippen LogP contribution in [0.3, 0.4) is 0 Å². The molecule has 0 aromatic rings. The third-order valence-electron chi connectivity index (χ3n) is 21.6. The topological polar surface area (TPSA) is 380 Å². The second kappa shape index (κ2) is 66.5. The largest absolute Gasteiger partial charge is 0.472 e. The molecule has 26 heteroatoms. The molecule has 18 unspecified atom stereocenters. The summed E-state index contributed by atoms with van der Waals surface area (Å²) in [6, 6.07) is 0. The SMILES string of the molecule is CCCCCC/C=C\CCCCCCCCCC(=O)OC(COC(=O)CCCCC/C=C\CCCCCCCC)COP(=O)(O)OC1C(OC2OC(CO)C(O)C(O)C2O)C(O)C(O)C(OC(=O)CCCCC/C=C\CCCCCCCC)C1OC1OC(COC(=O)CCCCCCCCCCCCCCC)C(O)C(O)C1O. The van der Waals surface area contributed by atoms with Crippen molar-refractivity contribution >= 4 is 31.7 Å². The van der Waals surface area contributed by atoms with Crippen molar-refractivity contribution in [2.45, 2.75) is 466 Å². The van der Waals surface area contributed by atoms with Crippen LogP contribution in [0.15, 0.2) is 36.5 Å². The highest BCUT2D eigenvalue weighted by Crippen LogP contribution is 2.49. The number of allylic oxidation sites excluding steroid dienone is 6. The maximum absolute atomic E-state index is 14.9. The fourth-order valence-electron chi connectivity index (χ4n) is 14.4. The Morgan fingerprint density at radius 3 is 1.07 bits per heavy atom. The van der Waals surface area contributed by atoms with Gasteiger partial charge < -0.3 is 88.7 Å². The number of phosphoric ester groups is 1. The number of carbonyl (C=O) groups excluding carboxylic acids is 4. The fraction of sp³-hybridized carbons (Fsp3) is 0.885. The molecule has 2 aliphatic heterocycles. The van der Waals surface area contributed by atoms with E-state index >= 15 is 0 Å². The lowest BCUT2D eigenvalue weighted by Crippen LogP contribution is -2.70. The number of aliphatic hydroxyl groups excluding tert-OH is 9. The smallest absolute Gasteiger partial charge is 0.463 e.